The number of ketones is 1. The van der Waals surface area contributed by atoms with Gasteiger partial charge in [-0.1, -0.05) is 41.6 Å². The van der Waals surface area contributed by atoms with Gasteiger partial charge in [-0.2, -0.15) is 0 Å². The molecular formula is C24H24ClN5O2S. The first-order valence-corrected chi connectivity index (χ1v) is 12.5. The monoisotopic (exact) mass is 481 g/mol. The smallest absolute Gasteiger partial charge is 0.232 e. The molecule has 2 saturated heterocycles. The Labute approximate surface area is 201 Å². The number of nitrogens with zero attached hydrogens (tertiary/aromatic N) is 5. The SMILES string of the molecule is O=C(CSc1nnc(N2CCCC2)n1-c1cccc(Cl)c1)c1cccc(N2CCCC2=O)c1. The van der Waals surface area contributed by atoms with Gasteiger partial charge >= 0.3 is 0 Å². The molecule has 0 aliphatic carbocycles. The number of aromatic nitrogens is 3. The first-order valence-electron chi connectivity index (χ1n) is 11.1. The Morgan fingerprint density at radius 3 is 2.52 bits per heavy atom. The summed E-state index contributed by atoms with van der Waals surface area (Å²) in [5.41, 5.74) is 2.25. The van der Waals surface area contributed by atoms with Crippen molar-refractivity contribution in [2.75, 3.05) is 35.2 Å². The van der Waals surface area contributed by atoms with Crippen LogP contribution in [0.3, 0.4) is 0 Å². The summed E-state index contributed by atoms with van der Waals surface area (Å²) in [5.74, 6) is 1.09. The van der Waals surface area contributed by atoms with Gasteiger partial charge in [0.15, 0.2) is 10.9 Å². The van der Waals surface area contributed by atoms with Crippen LogP contribution in [0.2, 0.25) is 5.02 Å². The first-order chi connectivity index (χ1) is 16.1. The lowest BCUT2D eigenvalue weighted by Gasteiger charge is -2.18. The van der Waals surface area contributed by atoms with Gasteiger partial charge < -0.3 is 9.80 Å². The number of rotatable bonds is 7. The molecule has 3 heterocycles. The number of Topliss-reactive ketones (excluding diaryl/α,β-unsaturated/α-hetero) is 1. The van der Waals surface area contributed by atoms with Crippen molar-refractivity contribution in [3.63, 3.8) is 0 Å². The molecule has 33 heavy (non-hydrogen) atoms. The molecule has 1 aromatic heterocycles. The lowest BCUT2D eigenvalue weighted by atomic mass is 10.1. The number of carbonyl (C=O) groups is 2. The normalized spacial score (nSPS) is 16.1. The highest BCUT2D eigenvalue weighted by molar-refractivity contribution is 7.99. The van der Waals surface area contributed by atoms with Gasteiger partial charge in [-0.3, -0.25) is 14.2 Å². The fraction of sp³-hybridized carbons (Fsp3) is 0.333. The van der Waals surface area contributed by atoms with Crippen molar-refractivity contribution in [2.24, 2.45) is 0 Å². The standard InChI is InChI=1S/C24H24ClN5O2S/c25-18-7-4-9-20(15-18)30-23(28-11-1-2-12-28)26-27-24(30)33-16-21(31)17-6-3-8-19(14-17)29-13-5-10-22(29)32/h3-4,6-9,14-15H,1-2,5,10-13,16H2. The lowest BCUT2D eigenvalue weighted by molar-refractivity contribution is -0.117. The Bertz CT molecular complexity index is 1190. The third kappa shape index (κ3) is 4.63. The van der Waals surface area contributed by atoms with Crippen LogP contribution >= 0.6 is 23.4 Å². The fourth-order valence-corrected chi connectivity index (χ4v) is 5.33. The Kier molecular flexibility index (Phi) is 6.37. The number of hydrogen-bond donors (Lipinski definition) is 0. The van der Waals surface area contributed by atoms with E-state index in [1.54, 1.807) is 11.0 Å². The minimum Gasteiger partial charge on any atom is -0.341 e. The molecule has 0 saturated carbocycles. The number of hydrogen-bond acceptors (Lipinski definition) is 6. The zero-order valence-corrected chi connectivity index (χ0v) is 19.7. The Morgan fingerprint density at radius 1 is 0.970 bits per heavy atom. The molecular weight excluding hydrogens is 458 g/mol. The van der Waals surface area contributed by atoms with Crippen LogP contribution < -0.4 is 9.80 Å². The molecule has 9 heteroatoms. The van der Waals surface area contributed by atoms with Crippen LogP contribution in [0.15, 0.2) is 53.7 Å². The van der Waals surface area contributed by atoms with E-state index in [0.29, 0.717) is 28.7 Å². The molecule has 7 nitrogen and oxygen atoms in total. The summed E-state index contributed by atoms with van der Waals surface area (Å²) >= 11 is 7.61. The van der Waals surface area contributed by atoms with Gasteiger partial charge in [0, 0.05) is 42.3 Å². The van der Waals surface area contributed by atoms with Crippen molar-refractivity contribution in [2.45, 2.75) is 30.8 Å². The second-order valence-electron chi connectivity index (χ2n) is 8.20. The van der Waals surface area contributed by atoms with Crippen molar-refractivity contribution in [3.8, 4) is 5.69 Å². The highest BCUT2D eigenvalue weighted by Gasteiger charge is 2.24. The minimum atomic E-state index is -0.0168. The summed E-state index contributed by atoms with van der Waals surface area (Å²) in [5, 5.41) is 10.1. The van der Waals surface area contributed by atoms with Crippen LogP contribution in [-0.2, 0) is 4.79 Å². The van der Waals surface area contributed by atoms with Gasteiger partial charge in [0.1, 0.15) is 0 Å². The van der Waals surface area contributed by atoms with Gasteiger partial charge in [-0.15, -0.1) is 10.2 Å². The van der Waals surface area contributed by atoms with E-state index in [4.69, 9.17) is 11.6 Å². The highest BCUT2D eigenvalue weighted by atomic mass is 35.5. The second-order valence-corrected chi connectivity index (χ2v) is 9.58. The van der Waals surface area contributed by atoms with Crippen molar-refractivity contribution in [1.82, 2.24) is 14.8 Å². The van der Waals surface area contributed by atoms with Crippen molar-refractivity contribution in [3.05, 3.63) is 59.1 Å². The predicted molar refractivity (Wildman–Crippen MR) is 131 cm³/mol. The average Bonchev–Trinajstić information content (AvgIpc) is 3.58. The van der Waals surface area contributed by atoms with Crippen molar-refractivity contribution < 1.29 is 9.59 Å². The van der Waals surface area contributed by atoms with E-state index in [1.807, 2.05) is 47.0 Å². The number of amides is 1. The van der Waals surface area contributed by atoms with Crippen molar-refractivity contribution in [1.29, 1.82) is 0 Å². The molecule has 0 radical (unpaired) electrons. The Hall–Kier alpha value is -2.84. The molecule has 0 spiro atoms. The van der Waals surface area contributed by atoms with Gasteiger partial charge in [-0.05, 0) is 49.6 Å². The maximum absolute atomic E-state index is 13.0. The molecule has 3 aromatic rings. The maximum Gasteiger partial charge on any atom is 0.232 e. The van der Waals surface area contributed by atoms with E-state index in [0.717, 1.165) is 49.7 Å². The molecule has 0 atom stereocenters. The van der Waals surface area contributed by atoms with Crippen LogP contribution in [0.1, 0.15) is 36.0 Å². The van der Waals surface area contributed by atoms with Crippen LogP contribution in [-0.4, -0.2) is 51.8 Å². The van der Waals surface area contributed by atoms with E-state index in [9.17, 15) is 9.59 Å². The van der Waals surface area contributed by atoms with Crippen LogP contribution in [0, 0.1) is 0 Å². The van der Waals surface area contributed by atoms with Crippen LogP contribution in [0.5, 0.6) is 0 Å². The zero-order valence-electron chi connectivity index (χ0n) is 18.1. The average molecular weight is 482 g/mol. The Morgan fingerprint density at radius 2 is 1.76 bits per heavy atom. The number of benzene rings is 2. The molecule has 0 bridgehead atoms. The predicted octanol–water partition coefficient (Wildman–Crippen LogP) is 4.62. The van der Waals surface area contributed by atoms with E-state index < -0.39 is 0 Å². The quantitative estimate of drug-likeness (QED) is 0.362. The summed E-state index contributed by atoms with van der Waals surface area (Å²) < 4.78 is 1.98. The number of halogens is 1. The van der Waals surface area contributed by atoms with E-state index in [2.05, 4.69) is 15.1 Å². The largest absolute Gasteiger partial charge is 0.341 e. The van der Waals surface area contributed by atoms with Gasteiger partial charge in [0.05, 0.1) is 11.4 Å². The molecule has 1 amide bonds. The number of thioether (sulfide) groups is 1. The van der Waals surface area contributed by atoms with E-state index >= 15 is 0 Å². The summed E-state index contributed by atoms with van der Waals surface area (Å²) in [6.07, 6.45) is 3.66. The van der Waals surface area contributed by atoms with Gasteiger partial charge in [0.25, 0.3) is 0 Å². The summed E-state index contributed by atoms with van der Waals surface area (Å²) in [6, 6.07) is 14.9. The number of carbonyl (C=O) groups excluding carboxylic acids is 2. The molecule has 2 fully saturated rings. The number of anilines is 2. The zero-order chi connectivity index (χ0) is 22.8. The van der Waals surface area contributed by atoms with E-state index in [-0.39, 0.29) is 17.4 Å². The Balaban J connectivity index is 1.37. The van der Waals surface area contributed by atoms with Gasteiger partial charge in [-0.25, -0.2) is 0 Å². The molecule has 5 rings (SSSR count). The van der Waals surface area contributed by atoms with E-state index in [1.165, 1.54) is 11.8 Å². The molecule has 0 unspecified atom stereocenters. The summed E-state index contributed by atoms with van der Waals surface area (Å²) in [7, 11) is 0. The van der Waals surface area contributed by atoms with Gasteiger partial charge in [0.2, 0.25) is 11.9 Å². The minimum absolute atomic E-state index is 0.0168. The van der Waals surface area contributed by atoms with Crippen LogP contribution in [0.4, 0.5) is 11.6 Å². The molecule has 0 N–H and O–H groups in total. The maximum atomic E-state index is 13.0. The fourth-order valence-electron chi connectivity index (χ4n) is 4.30. The molecule has 2 aliphatic heterocycles. The highest BCUT2D eigenvalue weighted by Crippen LogP contribution is 2.30. The first kappa shape index (κ1) is 22.0. The van der Waals surface area contributed by atoms with Crippen molar-refractivity contribution >= 4 is 46.7 Å². The topological polar surface area (TPSA) is 71.3 Å². The molecule has 2 aliphatic rings. The lowest BCUT2D eigenvalue weighted by Crippen LogP contribution is -2.23. The summed E-state index contributed by atoms with van der Waals surface area (Å²) in [6.45, 7) is 2.57. The molecule has 2 aromatic carbocycles. The molecule has 170 valence electrons. The third-order valence-electron chi connectivity index (χ3n) is 5.96. The second kappa shape index (κ2) is 9.57. The van der Waals surface area contributed by atoms with Crippen LogP contribution in [0.25, 0.3) is 5.69 Å². The summed E-state index contributed by atoms with van der Waals surface area (Å²) in [4.78, 5) is 29.1. The third-order valence-corrected chi connectivity index (χ3v) is 7.12.